The summed E-state index contributed by atoms with van der Waals surface area (Å²) in [6.45, 7) is 6.67. The van der Waals surface area contributed by atoms with Crippen LogP contribution in [0, 0.1) is 5.92 Å². The number of hydrogen-bond acceptors (Lipinski definition) is 7. The van der Waals surface area contributed by atoms with E-state index in [1.54, 1.807) is 0 Å². The van der Waals surface area contributed by atoms with Crippen molar-refractivity contribution in [2.24, 2.45) is 5.92 Å². The van der Waals surface area contributed by atoms with Crippen molar-refractivity contribution in [3.63, 3.8) is 0 Å². The zero-order valence-electron chi connectivity index (χ0n) is 26.1. The first-order valence-corrected chi connectivity index (χ1v) is 15.4. The molecule has 0 bridgehead atoms. The van der Waals surface area contributed by atoms with E-state index in [0.29, 0.717) is 31.9 Å². The lowest BCUT2D eigenvalue weighted by Crippen LogP contribution is -2.43. The third-order valence-electron chi connectivity index (χ3n) is 7.35. The highest BCUT2D eigenvalue weighted by molar-refractivity contribution is 5.81. The topological polar surface area (TPSA) is 112 Å². The van der Waals surface area contributed by atoms with Crippen molar-refractivity contribution >= 4 is 18.2 Å². The number of nitrogens with one attached hydrogen (secondary N) is 2. The summed E-state index contributed by atoms with van der Waals surface area (Å²) in [5.41, 5.74) is 2.10. The van der Waals surface area contributed by atoms with Gasteiger partial charge in [0.15, 0.2) is 0 Å². The average molecular weight is 597 g/mol. The number of methoxy groups -OCH3 is 1. The SMILES string of the molecule is COC(=O)[C@@H](Cc1ccc(OCCC2CCCCC2)c(CCCNC(=O)OC(C)(C)C)c1)NC(=O)OCc1ccccc1. The lowest BCUT2D eigenvalue weighted by molar-refractivity contribution is -0.143. The van der Waals surface area contributed by atoms with Gasteiger partial charge in [-0.05, 0) is 68.7 Å². The van der Waals surface area contributed by atoms with Crippen molar-refractivity contribution in [2.75, 3.05) is 20.3 Å². The smallest absolute Gasteiger partial charge is 0.408 e. The maximum Gasteiger partial charge on any atom is 0.408 e. The van der Waals surface area contributed by atoms with Gasteiger partial charge in [-0.3, -0.25) is 0 Å². The monoisotopic (exact) mass is 596 g/mol. The van der Waals surface area contributed by atoms with Gasteiger partial charge >= 0.3 is 18.2 Å². The van der Waals surface area contributed by atoms with Crippen LogP contribution in [-0.2, 0) is 38.5 Å². The second-order valence-corrected chi connectivity index (χ2v) is 12.1. The Morgan fingerprint density at radius 1 is 0.953 bits per heavy atom. The standard InChI is InChI=1S/C34H48N2O7/c1-34(2,3)43-32(38)35-20-11-16-28-22-27(17-18-30(28)41-21-19-25-12-7-5-8-13-25)23-29(31(37)40-4)36-33(39)42-24-26-14-9-6-10-15-26/h6,9-10,14-15,17-18,22,25,29H,5,7-8,11-13,16,19-21,23-24H2,1-4H3,(H,35,38)(H,36,39)/t29-/m1/s1. The van der Waals surface area contributed by atoms with Crippen molar-refractivity contribution < 1.29 is 33.3 Å². The summed E-state index contributed by atoms with van der Waals surface area (Å²) in [6.07, 6.45) is 7.87. The predicted molar refractivity (Wildman–Crippen MR) is 165 cm³/mol. The number of carbonyl (C=O) groups excluding carboxylic acids is 3. The van der Waals surface area contributed by atoms with Crippen molar-refractivity contribution in [1.29, 1.82) is 0 Å². The molecule has 1 fully saturated rings. The number of alkyl carbamates (subject to hydrolysis) is 2. The molecule has 2 aromatic rings. The van der Waals surface area contributed by atoms with Gasteiger partial charge in [-0.15, -0.1) is 0 Å². The Balaban J connectivity index is 1.64. The Morgan fingerprint density at radius 3 is 2.40 bits per heavy atom. The number of aryl methyl sites for hydroxylation is 1. The fourth-order valence-corrected chi connectivity index (χ4v) is 5.17. The van der Waals surface area contributed by atoms with E-state index in [4.69, 9.17) is 18.9 Å². The molecule has 1 saturated carbocycles. The largest absolute Gasteiger partial charge is 0.493 e. The highest BCUT2D eigenvalue weighted by Crippen LogP contribution is 2.28. The minimum atomic E-state index is -0.923. The minimum absolute atomic E-state index is 0.0922. The van der Waals surface area contributed by atoms with Gasteiger partial charge in [0.2, 0.25) is 0 Å². The van der Waals surface area contributed by atoms with E-state index in [-0.39, 0.29) is 13.0 Å². The zero-order valence-corrected chi connectivity index (χ0v) is 26.1. The second kappa shape index (κ2) is 17.4. The van der Waals surface area contributed by atoms with E-state index in [1.165, 1.54) is 39.2 Å². The maximum atomic E-state index is 12.6. The van der Waals surface area contributed by atoms with Crippen molar-refractivity contribution in [3.05, 3.63) is 65.2 Å². The first kappa shape index (κ1) is 33.7. The molecule has 0 aromatic heterocycles. The average Bonchev–Trinajstić information content (AvgIpc) is 2.98. The van der Waals surface area contributed by atoms with E-state index >= 15 is 0 Å². The molecule has 0 spiro atoms. The lowest BCUT2D eigenvalue weighted by atomic mass is 9.87. The minimum Gasteiger partial charge on any atom is -0.493 e. The van der Waals surface area contributed by atoms with Gasteiger partial charge in [0.25, 0.3) is 0 Å². The van der Waals surface area contributed by atoms with Gasteiger partial charge in [0, 0.05) is 13.0 Å². The van der Waals surface area contributed by atoms with Crippen LogP contribution in [0.4, 0.5) is 9.59 Å². The molecule has 0 heterocycles. The number of hydrogen-bond donors (Lipinski definition) is 2. The van der Waals surface area contributed by atoms with E-state index in [0.717, 1.165) is 28.9 Å². The molecule has 43 heavy (non-hydrogen) atoms. The molecule has 1 atom stereocenters. The molecule has 1 aliphatic carbocycles. The van der Waals surface area contributed by atoms with Crippen molar-refractivity contribution in [3.8, 4) is 5.75 Å². The Hall–Kier alpha value is -3.75. The molecular formula is C34H48N2O7. The quantitative estimate of drug-likeness (QED) is 0.145. The summed E-state index contributed by atoms with van der Waals surface area (Å²) in [4.78, 5) is 37.2. The van der Waals surface area contributed by atoms with Crippen LogP contribution in [0.5, 0.6) is 5.75 Å². The summed E-state index contributed by atoms with van der Waals surface area (Å²) in [7, 11) is 1.29. The molecule has 3 rings (SSSR count). The number of esters is 1. The third kappa shape index (κ3) is 13.0. The first-order valence-electron chi connectivity index (χ1n) is 15.4. The van der Waals surface area contributed by atoms with E-state index in [9.17, 15) is 14.4 Å². The van der Waals surface area contributed by atoms with Gasteiger partial charge in [-0.1, -0.05) is 74.6 Å². The molecule has 9 heteroatoms. The zero-order chi connectivity index (χ0) is 31.1. The molecule has 0 aliphatic heterocycles. The number of amides is 2. The summed E-state index contributed by atoms with van der Waals surface area (Å²) in [6, 6.07) is 14.2. The Kier molecular flexibility index (Phi) is 13.6. The van der Waals surface area contributed by atoms with Crippen LogP contribution < -0.4 is 15.4 Å². The summed E-state index contributed by atoms with van der Waals surface area (Å²) in [5.74, 6) is 0.942. The van der Waals surface area contributed by atoms with Crippen LogP contribution in [0.2, 0.25) is 0 Å². The number of carbonyl (C=O) groups is 3. The molecule has 1 aliphatic rings. The van der Waals surface area contributed by atoms with Crippen LogP contribution in [0.1, 0.15) is 82.4 Å². The van der Waals surface area contributed by atoms with Crippen molar-refractivity contribution in [2.45, 2.75) is 96.8 Å². The van der Waals surface area contributed by atoms with E-state index < -0.39 is 29.8 Å². The Morgan fingerprint density at radius 2 is 1.70 bits per heavy atom. The summed E-state index contributed by atoms with van der Waals surface area (Å²) in [5, 5.41) is 5.45. The summed E-state index contributed by atoms with van der Waals surface area (Å²) >= 11 is 0. The fourth-order valence-electron chi connectivity index (χ4n) is 5.17. The molecule has 0 radical (unpaired) electrons. The predicted octanol–water partition coefficient (Wildman–Crippen LogP) is 6.50. The highest BCUT2D eigenvalue weighted by Gasteiger charge is 2.24. The van der Waals surface area contributed by atoms with E-state index in [2.05, 4.69) is 10.6 Å². The Bertz CT molecular complexity index is 1160. The van der Waals surface area contributed by atoms with Crippen LogP contribution in [-0.4, -0.2) is 50.1 Å². The van der Waals surface area contributed by atoms with Crippen LogP contribution in [0.25, 0.3) is 0 Å². The van der Waals surface area contributed by atoms with Gasteiger partial charge in [0.1, 0.15) is 24.0 Å². The van der Waals surface area contributed by atoms with Gasteiger partial charge in [-0.2, -0.15) is 0 Å². The number of rotatable bonds is 14. The fraction of sp³-hybridized carbons (Fsp3) is 0.559. The number of benzene rings is 2. The molecule has 0 unspecified atom stereocenters. The van der Waals surface area contributed by atoms with Crippen LogP contribution >= 0.6 is 0 Å². The molecule has 2 N–H and O–H groups in total. The van der Waals surface area contributed by atoms with Gasteiger partial charge in [-0.25, -0.2) is 14.4 Å². The molecular weight excluding hydrogens is 548 g/mol. The van der Waals surface area contributed by atoms with E-state index in [1.807, 2.05) is 69.3 Å². The van der Waals surface area contributed by atoms with Crippen LogP contribution in [0.15, 0.2) is 48.5 Å². The van der Waals surface area contributed by atoms with Crippen LogP contribution in [0.3, 0.4) is 0 Å². The third-order valence-corrected chi connectivity index (χ3v) is 7.35. The summed E-state index contributed by atoms with van der Waals surface area (Å²) < 4.78 is 21.9. The Labute approximate surface area is 256 Å². The van der Waals surface area contributed by atoms with Gasteiger partial charge < -0.3 is 29.6 Å². The highest BCUT2D eigenvalue weighted by atomic mass is 16.6. The molecule has 0 saturated heterocycles. The number of ether oxygens (including phenoxy) is 4. The van der Waals surface area contributed by atoms with Crippen molar-refractivity contribution in [1.82, 2.24) is 10.6 Å². The molecule has 236 valence electrons. The molecule has 2 amide bonds. The first-order chi connectivity index (χ1) is 20.6. The molecule has 9 nitrogen and oxygen atoms in total. The normalized spacial score (nSPS) is 14.3. The molecule has 2 aromatic carbocycles. The maximum absolute atomic E-state index is 12.6. The second-order valence-electron chi connectivity index (χ2n) is 12.1. The van der Waals surface area contributed by atoms with Gasteiger partial charge in [0.05, 0.1) is 13.7 Å². The lowest BCUT2D eigenvalue weighted by Gasteiger charge is -2.22.